The fourth-order valence-electron chi connectivity index (χ4n) is 3.35. The number of pyridine rings is 1. The predicted molar refractivity (Wildman–Crippen MR) is 117 cm³/mol. The van der Waals surface area contributed by atoms with Gasteiger partial charge >= 0.3 is 0 Å². The number of benzene rings is 1. The van der Waals surface area contributed by atoms with Gasteiger partial charge in [-0.15, -0.1) is 0 Å². The van der Waals surface area contributed by atoms with Gasteiger partial charge in [-0.1, -0.05) is 23.5 Å². The Morgan fingerprint density at radius 2 is 1.87 bits per heavy atom. The summed E-state index contributed by atoms with van der Waals surface area (Å²) in [6, 6.07) is 11.4. The molecule has 0 N–H and O–H groups in total. The smallest absolute Gasteiger partial charge is 0.260 e. The van der Waals surface area contributed by atoms with Crippen LogP contribution in [0.5, 0.6) is 5.75 Å². The van der Waals surface area contributed by atoms with Crippen LogP contribution >= 0.6 is 11.3 Å². The molecule has 4 rings (SSSR count). The number of aromatic nitrogens is 2. The van der Waals surface area contributed by atoms with Crippen molar-refractivity contribution in [1.29, 1.82) is 0 Å². The molecule has 0 saturated carbocycles. The Bertz CT molecular complexity index is 993. The second kappa shape index (κ2) is 9.21. The largest absolute Gasteiger partial charge is 0.484 e. The summed E-state index contributed by atoms with van der Waals surface area (Å²) in [6.07, 6.45) is 3.04. The van der Waals surface area contributed by atoms with Crippen molar-refractivity contribution in [3.8, 4) is 5.75 Å². The third kappa shape index (κ3) is 4.94. The number of rotatable bonds is 7. The van der Waals surface area contributed by atoms with Crippen LogP contribution in [0.2, 0.25) is 0 Å². The van der Waals surface area contributed by atoms with Crippen LogP contribution in [0.4, 0.5) is 5.13 Å². The van der Waals surface area contributed by atoms with E-state index in [1.54, 1.807) is 24.5 Å². The standard InChI is InChI=1S/C22H24N4O3S/c1-16(27)4-5-17-6-8-18(9-7-17)29-15-20(28)25-11-13-26(14-12-25)22-24-19-3-2-10-23-21(19)30-22/h2-3,6-10H,4-5,11-15H2,1H3. The Morgan fingerprint density at radius 1 is 1.10 bits per heavy atom. The predicted octanol–water partition coefficient (Wildman–Crippen LogP) is 2.94. The molecule has 156 valence electrons. The molecule has 1 aromatic carbocycles. The van der Waals surface area contributed by atoms with Crippen LogP contribution in [-0.2, 0) is 16.0 Å². The molecule has 0 atom stereocenters. The summed E-state index contributed by atoms with van der Waals surface area (Å²) in [6.45, 7) is 4.41. The van der Waals surface area contributed by atoms with Crippen molar-refractivity contribution in [1.82, 2.24) is 14.9 Å². The van der Waals surface area contributed by atoms with Gasteiger partial charge in [-0.05, 0) is 43.2 Å². The number of amides is 1. The fourth-order valence-corrected chi connectivity index (χ4v) is 4.31. The fraction of sp³-hybridized carbons (Fsp3) is 0.364. The van der Waals surface area contributed by atoms with Gasteiger partial charge in [0.1, 0.15) is 21.9 Å². The summed E-state index contributed by atoms with van der Waals surface area (Å²) >= 11 is 1.58. The van der Waals surface area contributed by atoms with E-state index in [4.69, 9.17) is 4.74 Å². The Morgan fingerprint density at radius 3 is 2.57 bits per heavy atom. The van der Waals surface area contributed by atoms with Crippen LogP contribution < -0.4 is 9.64 Å². The van der Waals surface area contributed by atoms with E-state index >= 15 is 0 Å². The normalized spacial score (nSPS) is 14.2. The average molecular weight is 425 g/mol. The number of anilines is 1. The Labute approximate surface area is 179 Å². The van der Waals surface area contributed by atoms with E-state index in [0.717, 1.165) is 40.6 Å². The van der Waals surface area contributed by atoms with Crippen molar-refractivity contribution in [2.24, 2.45) is 0 Å². The monoisotopic (exact) mass is 424 g/mol. The van der Waals surface area contributed by atoms with E-state index in [1.165, 1.54) is 0 Å². The van der Waals surface area contributed by atoms with Crippen molar-refractivity contribution in [3.63, 3.8) is 0 Å². The van der Waals surface area contributed by atoms with Crippen molar-refractivity contribution in [2.75, 3.05) is 37.7 Å². The first kappa shape index (κ1) is 20.3. The van der Waals surface area contributed by atoms with Crippen LogP contribution in [0.1, 0.15) is 18.9 Å². The second-order valence-corrected chi connectivity index (χ2v) is 8.28. The summed E-state index contributed by atoms with van der Waals surface area (Å²) in [4.78, 5) is 37.6. The minimum atomic E-state index is -0.0127. The zero-order chi connectivity index (χ0) is 20.9. The quantitative estimate of drug-likeness (QED) is 0.581. The highest BCUT2D eigenvalue weighted by Gasteiger charge is 2.23. The van der Waals surface area contributed by atoms with Crippen LogP contribution in [-0.4, -0.2) is 59.3 Å². The average Bonchev–Trinajstić information content (AvgIpc) is 3.21. The minimum absolute atomic E-state index is 0.0127. The van der Waals surface area contributed by atoms with Gasteiger partial charge in [-0.25, -0.2) is 9.97 Å². The van der Waals surface area contributed by atoms with Gasteiger partial charge in [-0.2, -0.15) is 0 Å². The number of Topliss-reactive ketones (excluding diaryl/α,β-unsaturated/α-hetero) is 1. The lowest BCUT2D eigenvalue weighted by Crippen LogP contribution is -2.50. The molecular formula is C22H24N4O3S. The highest BCUT2D eigenvalue weighted by Crippen LogP contribution is 2.27. The number of aryl methyl sites for hydroxylation is 1. The van der Waals surface area contributed by atoms with Crippen molar-refractivity contribution in [2.45, 2.75) is 19.8 Å². The summed E-state index contributed by atoms with van der Waals surface area (Å²) in [5.74, 6) is 0.831. The molecule has 3 aromatic rings. The third-order valence-corrected chi connectivity index (χ3v) is 6.15. The maximum absolute atomic E-state index is 12.5. The van der Waals surface area contributed by atoms with Gasteiger partial charge in [0.25, 0.3) is 5.91 Å². The van der Waals surface area contributed by atoms with E-state index in [0.29, 0.717) is 25.3 Å². The molecule has 1 amide bonds. The zero-order valence-electron chi connectivity index (χ0n) is 16.9. The van der Waals surface area contributed by atoms with Gasteiger partial charge in [0, 0.05) is 38.8 Å². The van der Waals surface area contributed by atoms with Crippen LogP contribution in [0.15, 0.2) is 42.6 Å². The van der Waals surface area contributed by atoms with Gasteiger partial charge in [0.15, 0.2) is 11.7 Å². The van der Waals surface area contributed by atoms with E-state index in [2.05, 4.69) is 14.9 Å². The highest BCUT2D eigenvalue weighted by atomic mass is 32.1. The van der Waals surface area contributed by atoms with Crippen molar-refractivity contribution >= 4 is 38.5 Å². The number of ether oxygens (including phenoxy) is 1. The molecule has 0 bridgehead atoms. The number of hydrogen-bond acceptors (Lipinski definition) is 7. The van der Waals surface area contributed by atoms with Crippen LogP contribution in [0.3, 0.4) is 0 Å². The van der Waals surface area contributed by atoms with Crippen LogP contribution in [0.25, 0.3) is 10.3 Å². The first-order valence-corrected chi connectivity index (χ1v) is 10.9. The van der Waals surface area contributed by atoms with Gasteiger partial charge in [-0.3, -0.25) is 4.79 Å². The number of ketones is 1. The molecular weight excluding hydrogens is 400 g/mol. The topological polar surface area (TPSA) is 75.6 Å². The number of piperazine rings is 1. The van der Waals surface area contributed by atoms with Gasteiger partial charge in [0.2, 0.25) is 0 Å². The third-order valence-electron chi connectivity index (χ3n) is 5.11. The molecule has 1 aliphatic rings. The first-order chi connectivity index (χ1) is 14.6. The number of hydrogen-bond donors (Lipinski definition) is 0. The molecule has 3 heterocycles. The summed E-state index contributed by atoms with van der Waals surface area (Å²) in [5, 5.41) is 0.955. The SMILES string of the molecule is CC(=O)CCc1ccc(OCC(=O)N2CCN(c3nc4cccnc4s3)CC2)cc1. The molecule has 1 saturated heterocycles. The maximum atomic E-state index is 12.5. The molecule has 0 radical (unpaired) electrons. The Hall–Kier alpha value is -3.00. The Kier molecular flexibility index (Phi) is 6.23. The summed E-state index contributed by atoms with van der Waals surface area (Å²) < 4.78 is 5.66. The van der Waals surface area contributed by atoms with E-state index in [1.807, 2.05) is 41.3 Å². The lowest BCUT2D eigenvalue weighted by molar-refractivity contribution is -0.133. The van der Waals surface area contributed by atoms with Gasteiger partial charge in [0.05, 0.1) is 0 Å². The first-order valence-electron chi connectivity index (χ1n) is 10.0. The maximum Gasteiger partial charge on any atom is 0.260 e. The Balaban J connectivity index is 1.24. The molecule has 8 heteroatoms. The lowest BCUT2D eigenvalue weighted by Gasteiger charge is -2.34. The molecule has 2 aromatic heterocycles. The summed E-state index contributed by atoms with van der Waals surface area (Å²) in [7, 11) is 0. The second-order valence-electron chi connectivity index (χ2n) is 7.33. The number of carbonyl (C=O) groups is 2. The molecule has 0 spiro atoms. The number of nitrogens with zero attached hydrogens (tertiary/aromatic N) is 4. The number of thiazole rings is 1. The number of carbonyl (C=O) groups excluding carboxylic acids is 2. The van der Waals surface area contributed by atoms with Crippen molar-refractivity contribution < 1.29 is 14.3 Å². The van der Waals surface area contributed by atoms with Gasteiger partial charge < -0.3 is 19.3 Å². The van der Waals surface area contributed by atoms with E-state index < -0.39 is 0 Å². The molecule has 0 unspecified atom stereocenters. The summed E-state index contributed by atoms with van der Waals surface area (Å²) in [5.41, 5.74) is 2.00. The van der Waals surface area contributed by atoms with E-state index in [9.17, 15) is 9.59 Å². The lowest BCUT2D eigenvalue weighted by atomic mass is 10.1. The zero-order valence-corrected chi connectivity index (χ0v) is 17.7. The number of fused-ring (bicyclic) bond motifs is 1. The molecule has 7 nitrogen and oxygen atoms in total. The van der Waals surface area contributed by atoms with Crippen molar-refractivity contribution in [3.05, 3.63) is 48.2 Å². The molecule has 1 aliphatic heterocycles. The molecule has 0 aliphatic carbocycles. The molecule has 1 fully saturated rings. The minimum Gasteiger partial charge on any atom is -0.484 e. The van der Waals surface area contributed by atoms with E-state index in [-0.39, 0.29) is 18.3 Å². The van der Waals surface area contributed by atoms with Crippen LogP contribution in [0, 0.1) is 0 Å². The highest BCUT2D eigenvalue weighted by molar-refractivity contribution is 7.21. The molecule has 30 heavy (non-hydrogen) atoms.